The van der Waals surface area contributed by atoms with E-state index in [0.717, 1.165) is 56.4 Å². The zero-order valence-corrected chi connectivity index (χ0v) is 20.2. The lowest BCUT2D eigenvalue weighted by Gasteiger charge is -2.15. The highest BCUT2D eigenvalue weighted by Gasteiger charge is 2.21. The molecule has 0 aliphatic carbocycles. The van der Waals surface area contributed by atoms with Gasteiger partial charge in [-0.1, -0.05) is 44.1 Å². The van der Waals surface area contributed by atoms with Gasteiger partial charge in [-0.3, -0.25) is 0 Å². The third kappa shape index (κ3) is 6.65. The third-order valence-corrected chi connectivity index (χ3v) is 5.68. The standard InChI is InChI=1S/C29H23F6NO/c1-3-4-5-6-7-17(2)37-19-13-25(31)21(26(32)14-19)11-9-18-8-10-20(24(30)12-18)22-15-27(33)23(16-36)29(35)28(22)34/h8,10,12-15,17H,3-7H2,1-2H3. The van der Waals surface area contributed by atoms with E-state index in [1.165, 1.54) is 12.1 Å². The van der Waals surface area contributed by atoms with Crippen LogP contribution in [-0.2, 0) is 0 Å². The molecule has 3 rings (SSSR count). The fourth-order valence-corrected chi connectivity index (χ4v) is 3.73. The minimum absolute atomic E-state index is 0.0175. The molecule has 0 bridgehead atoms. The Labute approximate surface area is 211 Å². The summed E-state index contributed by atoms with van der Waals surface area (Å²) in [6, 6.07) is 6.82. The van der Waals surface area contributed by atoms with Gasteiger partial charge in [-0.25, -0.2) is 26.3 Å². The number of hydrogen-bond donors (Lipinski definition) is 0. The van der Waals surface area contributed by atoms with E-state index in [0.29, 0.717) is 6.07 Å². The number of halogens is 6. The number of nitriles is 1. The van der Waals surface area contributed by atoms with Gasteiger partial charge in [-0.2, -0.15) is 5.26 Å². The van der Waals surface area contributed by atoms with Gasteiger partial charge in [-0.05, 0) is 38.0 Å². The van der Waals surface area contributed by atoms with Gasteiger partial charge in [-0.15, -0.1) is 0 Å². The first-order chi connectivity index (χ1) is 17.7. The van der Waals surface area contributed by atoms with Gasteiger partial charge >= 0.3 is 0 Å². The Bertz CT molecular complexity index is 1380. The molecule has 0 N–H and O–H groups in total. The summed E-state index contributed by atoms with van der Waals surface area (Å²) >= 11 is 0. The van der Waals surface area contributed by atoms with Crippen LogP contribution in [-0.4, -0.2) is 6.10 Å². The molecule has 1 unspecified atom stereocenters. The minimum atomic E-state index is -1.73. The van der Waals surface area contributed by atoms with Gasteiger partial charge in [0.1, 0.15) is 40.7 Å². The summed E-state index contributed by atoms with van der Waals surface area (Å²) in [5.41, 5.74) is -2.89. The Morgan fingerprint density at radius 2 is 1.43 bits per heavy atom. The number of rotatable bonds is 8. The first kappa shape index (κ1) is 27.7. The van der Waals surface area contributed by atoms with Crippen LogP contribution in [0, 0.1) is 58.1 Å². The quantitative estimate of drug-likeness (QED) is 0.131. The van der Waals surface area contributed by atoms with E-state index in [1.54, 1.807) is 0 Å². The Balaban J connectivity index is 1.81. The molecular formula is C29H23F6NO. The van der Waals surface area contributed by atoms with E-state index >= 15 is 0 Å². The van der Waals surface area contributed by atoms with Gasteiger partial charge in [0.25, 0.3) is 0 Å². The van der Waals surface area contributed by atoms with Crippen LogP contribution in [0.15, 0.2) is 36.4 Å². The predicted octanol–water partition coefficient (Wildman–Crippen LogP) is 8.20. The largest absolute Gasteiger partial charge is 0.491 e. The van der Waals surface area contributed by atoms with Crippen LogP contribution in [0.4, 0.5) is 26.3 Å². The van der Waals surface area contributed by atoms with E-state index in [-0.39, 0.29) is 17.4 Å². The van der Waals surface area contributed by atoms with Crippen molar-refractivity contribution in [1.29, 1.82) is 5.26 Å². The summed E-state index contributed by atoms with van der Waals surface area (Å²) in [5.74, 6) is -2.89. The summed E-state index contributed by atoms with van der Waals surface area (Å²) < 4.78 is 91.4. The Kier molecular flexibility index (Phi) is 9.25. The lowest BCUT2D eigenvalue weighted by molar-refractivity contribution is 0.204. The van der Waals surface area contributed by atoms with E-state index in [4.69, 9.17) is 10.00 Å². The van der Waals surface area contributed by atoms with Crippen LogP contribution in [0.3, 0.4) is 0 Å². The number of ether oxygens (including phenoxy) is 1. The minimum Gasteiger partial charge on any atom is -0.491 e. The normalized spacial score (nSPS) is 11.4. The molecule has 0 fully saturated rings. The van der Waals surface area contributed by atoms with Gasteiger partial charge < -0.3 is 4.74 Å². The molecule has 1 atom stereocenters. The van der Waals surface area contributed by atoms with E-state index < -0.39 is 57.2 Å². The van der Waals surface area contributed by atoms with Crippen LogP contribution in [0.1, 0.15) is 62.6 Å². The zero-order valence-electron chi connectivity index (χ0n) is 20.2. The fourth-order valence-electron chi connectivity index (χ4n) is 3.73. The molecule has 0 saturated heterocycles. The second-order valence-corrected chi connectivity index (χ2v) is 8.51. The molecule has 2 nitrogen and oxygen atoms in total. The van der Waals surface area contributed by atoms with E-state index in [1.807, 2.05) is 6.92 Å². The lowest BCUT2D eigenvalue weighted by Crippen LogP contribution is -2.12. The summed E-state index contributed by atoms with van der Waals surface area (Å²) in [5, 5.41) is 8.72. The van der Waals surface area contributed by atoms with Crippen molar-refractivity contribution >= 4 is 0 Å². The molecule has 0 saturated carbocycles. The maximum absolute atomic E-state index is 14.6. The summed E-state index contributed by atoms with van der Waals surface area (Å²) in [7, 11) is 0. The van der Waals surface area contributed by atoms with E-state index in [2.05, 4.69) is 18.8 Å². The van der Waals surface area contributed by atoms with Crippen molar-refractivity contribution < 1.29 is 31.1 Å². The maximum Gasteiger partial charge on any atom is 0.180 e. The van der Waals surface area contributed by atoms with Gasteiger partial charge in [0.05, 0.1) is 11.7 Å². The second-order valence-electron chi connectivity index (χ2n) is 8.51. The predicted molar refractivity (Wildman–Crippen MR) is 128 cm³/mol. The van der Waals surface area contributed by atoms with Crippen molar-refractivity contribution in [3.63, 3.8) is 0 Å². The smallest absolute Gasteiger partial charge is 0.180 e. The molecule has 0 heterocycles. The Hall–Kier alpha value is -3.91. The monoisotopic (exact) mass is 515 g/mol. The molecule has 192 valence electrons. The van der Waals surface area contributed by atoms with Crippen molar-refractivity contribution in [3.05, 3.63) is 88.0 Å². The molecule has 0 radical (unpaired) electrons. The number of nitrogens with zero attached hydrogens (tertiary/aromatic N) is 1. The molecule has 0 amide bonds. The van der Waals surface area contributed by atoms with Crippen LogP contribution in [0.25, 0.3) is 11.1 Å². The molecule has 0 spiro atoms. The molecule has 37 heavy (non-hydrogen) atoms. The molecule has 3 aromatic rings. The summed E-state index contributed by atoms with van der Waals surface area (Å²) in [4.78, 5) is 0. The molecule has 0 aliphatic heterocycles. The highest BCUT2D eigenvalue weighted by Crippen LogP contribution is 2.30. The number of hydrogen-bond acceptors (Lipinski definition) is 2. The molecule has 3 aromatic carbocycles. The zero-order chi connectivity index (χ0) is 27.1. The van der Waals surface area contributed by atoms with Crippen molar-refractivity contribution in [3.8, 4) is 34.8 Å². The van der Waals surface area contributed by atoms with Crippen molar-refractivity contribution in [2.45, 2.75) is 52.1 Å². The Morgan fingerprint density at radius 3 is 2.05 bits per heavy atom. The summed E-state index contributed by atoms with van der Waals surface area (Å²) in [6.07, 6.45) is 4.73. The number of unbranched alkanes of at least 4 members (excludes halogenated alkanes) is 3. The highest BCUT2D eigenvalue weighted by molar-refractivity contribution is 5.67. The van der Waals surface area contributed by atoms with Crippen LogP contribution in [0.5, 0.6) is 5.75 Å². The van der Waals surface area contributed by atoms with Crippen molar-refractivity contribution in [1.82, 2.24) is 0 Å². The fraction of sp³-hybridized carbons (Fsp3) is 0.276. The first-order valence-electron chi connectivity index (χ1n) is 11.7. The first-order valence-corrected chi connectivity index (χ1v) is 11.7. The van der Waals surface area contributed by atoms with Gasteiger partial charge in [0, 0.05) is 28.8 Å². The molecule has 0 aromatic heterocycles. The molecular weight excluding hydrogens is 492 g/mol. The topological polar surface area (TPSA) is 33.0 Å². The maximum atomic E-state index is 14.6. The van der Waals surface area contributed by atoms with Crippen LogP contribution >= 0.6 is 0 Å². The average molecular weight is 515 g/mol. The average Bonchev–Trinajstić information content (AvgIpc) is 2.84. The Morgan fingerprint density at radius 1 is 0.757 bits per heavy atom. The summed E-state index contributed by atoms with van der Waals surface area (Å²) in [6.45, 7) is 3.92. The lowest BCUT2D eigenvalue weighted by atomic mass is 10.00. The van der Waals surface area contributed by atoms with Gasteiger partial charge in [0.2, 0.25) is 0 Å². The molecule has 0 aliphatic rings. The van der Waals surface area contributed by atoms with Crippen molar-refractivity contribution in [2.24, 2.45) is 0 Å². The second kappa shape index (κ2) is 12.4. The van der Waals surface area contributed by atoms with Crippen LogP contribution in [0.2, 0.25) is 0 Å². The van der Waals surface area contributed by atoms with Crippen molar-refractivity contribution in [2.75, 3.05) is 0 Å². The highest BCUT2D eigenvalue weighted by atomic mass is 19.2. The van der Waals surface area contributed by atoms with Crippen LogP contribution < -0.4 is 4.74 Å². The molecule has 8 heteroatoms. The third-order valence-electron chi connectivity index (χ3n) is 5.68. The number of benzene rings is 3. The SMILES string of the molecule is CCCCCCC(C)Oc1cc(F)c(C#Cc2ccc(-c3cc(F)c(C#N)c(F)c3F)c(F)c2)c(F)c1. The van der Waals surface area contributed by atoms with E-state index in [9.17, 15) is 26.3 Å². The van der Waals surface area contributed by atoms with Gasteiger partial charge in [0.15, 0.2) is 11.6 Å².